The van der Waals surface area contributed by atoms with Gasteiger partial charge in [0.15, 0.2) is 0 Å². The Morgan fingerprint density at radius 1 is 0.312 bits per heavy atom. The molecule has 12 heterocycles. The maximum absolute atomic E-state index is 13.9. The number of urea groups is 4. The first kappa shape index (κ1) is 108. The molecule has 8 aliphatic rings. The summed E-state index contributed by atoms with van der Waals surface area (Å²) >= 11 is 18.2. The highest BCUT2D eigenvalue weighted by Gasteiger charge is 2.43. The van der Waals surface area contributed by atoms with Crippen LogP contribution >= 0.6 is 123 Å². The molecule has 4 aliphatic heterocycles. The van der Waals surface area contributed by atoms with Crippen molar-refractivity contribution in [1.29, 1.82) is 0 Å². The lowest BCUT2D eigenvalue weighted by Gasteiger charge is -2.30. The molecular weight excluding hydrogens is 2070 g/mol. The Morgan fingerprint density at radius 3 is 0.804 bits per heavy atom. The van der Waals surface area contributed by atoms with Crippen molar-refractivity contribution in [2.24, 2.45) is 0 Å². The van der Waals surface area contributed by atoms with Gasteiger partial charge in [-0.25, -0.2) is 38.4 Å². The number of amides is 8. The molecule has 24 nitrogen and oxygen atoms in total. The predicted octanol–water partition coefficient (Wildman–Crippen LogP) is 24.9. The molecule has 8 aromatic heterocycles. The van der Waals surface area contributed by atoms with E-state index in [1.54, 1.807) is 64.2 Å². The van der Waals surface area contributed by atoms with Gasteiger partial charge in [0, 0.05) is 130 Å². The van der Waals surface area contributed by atoms with Crippen LogP contribution in [0.4, 0.5) is 65.5 Å². The van der Waals surface area contributed by atoms with Crippen LogP contribution in [0.3, 0.4) is 0 Å². The number of alkyl halides is 6. The SMILES string of the molecule is CC(C)N1CCc2c(sc(Br)c2CNC(=O)Nc2sc3c(c2C(=O)OC(C)(C)C)CCCC3)C1.CC(C)N1CCc2c(sc(C(F)(F)F)c2CNC(=O)Nc2sc3c(c2C(=O)OC(C)(C)C)CCCC3)C1.CN1CCc2c(sc(Br)c2CNC(=O)Nc2sc3c(c2C(=O)OC(C)(C)C)CCCC3)C1.CN1CCc2c(sc(C(F)(F)F)c2CNC(=O)Nc2sc3c(c2C(=O)OC(C)(C)C)CCCC3)C1. The van der Waals surface area contributed by atoms with Crippen LogP contribution in [0.25, 0.3) is 0 Å². The van der Waals surface area contributed by atoms with Gasteiger partial charge in [-0.15, -0.1) is 90.7 Å². The number of hydrogen-bond donors (Lipinski definition) is 8. The fourth-order valence-electron chi connectivity index (χ4n) is 18.2. The molecule has 0 spiro atoms. The number of likely N-dealkylation sites (N-methyl/N-ethyl adjacent to an activating group) is 2. The van der Waals surface area contributed by atoms with E-state index in [0.29, 0.717) is 121 Å². The maximum atomic E-state index is 13.9. The van der Waals surface area contributed by atoms with E-state index in [1.807, 2.05) is 67.3 Å². The summed E-state index contributed by atoms with van der Waals surface area (Å²) in [6.07, 6.45) is 8.97. The van der Waals surface area contributed by atoms with Crippen molar-refractivity contribution in [3.8, 4) is 0 Å². The van der Waals surface area contributed by atoms with E-state index in [0.717, 1.165) is 215 Å². The van der Waals surface area contributed by atoms with E-state index < -0.39 is 68.5 Å². The first-order chi connectivity index (χ1) is 64.7. The number of carbonyl (C=O) groups excluding carboxylic acids is 8. The van der Waals surface area contributed by atoms with Gasteiger partial charge >= 0.3 is 60.4 Å². The van der Waals surface area contributed by atoms with Gasteiger partial charge in [-0.3, -0.25) is 31.1 Å². The van der Waals surface area contributed by atoms with Crippen molar-refractivity contribution in [2.45, 2.75) is 338 Å². The van der Waals surface area contributed by atoms with E-state index in [4.69, 9.17) is 18.9 Å². The van der Waals surface area contributed by atoms with E-state index in [9.17, 15) is 64.7 Å². The molecular formula is C98H128Br2F6N12O12S8. The van der Waals surface area contributed by atoms with Crippen molar-refractivity contribution >= 4 is 191 Å². The molecule has 0 bridgehead atoms. The molecule has 0 saturated carbocycles. The van der Waals surface area contributed by atoms with Crippen LogP contribution < -0.4 is 42.5 Å². The number of nitrogens with one attached hydrogen (secondary N) is 8. The quantitative estimate of drug-likeness (QED) is 0.0225. The summed E-state index contributed by atoms with van der Waals surface area (Å²) in [6.45, 7) is 37.1. The Labute approximate surface area is 853 Å². The maximum Gasteiger partial charge on any atom is 0.425 e. The topological polar surface area (TPSA) is 283 Å². The zero-order valence-corrected chi connectivity index (χ0v) is 91.5. The molecule has 8 aromatic rings. The fraction of sp³-hybridized carbons (Fsp3) is 0.592. The van der Waals surface area contributed by atoms with Crippen molar-refractivity contribution in [3.63, 3.8) is 0 Å². The molecule has 8 N–H and O–H groups in total. The number of halogens is 8. The number of aryl methyl sites for hydroxylation is 4. The average Bonchev–Trinajstić information content (AvgIpc) is 1.63. The number of hydrogen-bond acceptors (Lipinski definition) is 24. The van der Waals surface area contributed by atoms with Gasteiger partial charge in [0.05, 0.1) is 29.8 Å². The Morgan fingerprint density at radius 2 is 0.543 bits per heavy atom. The highest BCUT2D eigenvalue weighted by Crippen LogP contribution is 2.49. The second-order valence-electron chi connectivity index (χ2n) is 40.6. The van der Waals surface area contributed by atoms with Crippen molar-refractivity contribution in [3.05, 3.63) is 145 Å². The minimum Gasteiger partial charge on any atom is -0.456 e. The Bertz CT molecular complexity index is 5830. The van der Waals surface area contributed by atoms with Gasteiger partial charge in [0.2, 0.25) is 0 Å². The predicted molar refractivity (Wildman–Crippen MR) is 549 cm³/mol. The standard InChI is InChI=1S/C26H34F3N3O3S2.C25H34BrN3O3S2.C24H30F3N3O3S2.C23H30BrN3O3S2/c1-14(2)32-11-10-15-17(21(26(27,28)29)36-19(15)13-32)12-30-24(34)31-22-20(23(33)35-25(3,4)5)16-8-6-7-9-18(16)37-22;1-14(2)29-11-10-15-17(21(26)33-19(15)13-29)12-27-24(31)28-22-20(23(30)32-25(3,4)5)16-8-6-7-9-18(16)34-22;1-23(2,3)33-21(31)18-14-7-5-6-8-16(14)35-20(18)29-22(32)28-11-15-13-9-10-30(4)12-17(13)34-19(15)24(25,26)27;1-23(2,3)30-21(28)18-14-7-5-6-8-16(14)32-20(18)26-22(29)25-11-15-13-9-10-27(4)12-17(13)31-19(15)24/h14H,6-13H2,1-5H3,(H2,30,31,34);14H,6-13H2,1-5H3,(H2,27,28,31);5-12H2,1-4H3,(H2,28,29,32);5-12H2,1-4H3,(H2,25,26,29). The van der Waals surface area contributed by atoms with E-state index >= 15 is 0 Å². The average molecular weight is 2200 g/mol. The number of thiophene rings is 8. The minimum absolute atomic E-state index is 0.138. The van der Waals surface area contributed by atoms with Gasteiger partial charge in [-0.1, -0.05) is 0 Å². The van der Waals surface area contributed by atoms with Crippen LogP contribution in [0.2, 0.25) is 0 Å². The molecule has 4 aliphatic carbocycles. The second-order valence-corrected chi connectivity index (χ2v) is 52.1. The third-order valence-electron chi connectivity index (χ3n) is 24.7. The number of carbonyl (C=O) groups is 8. The molecule has 0 saturated heterocycles. The normalized spacial score (nSPS) is 16.3. The molecule has 40 heteroatoms. The summed E-state index contributed by atoms with van der Waals surface area (Å²) in [7, 11) is 4.01. The minimum atomic E-state index is -4.49. The van der Waals surface area contributed by atoms with Gasteiger partial charge in [0.25, 0.3) is 0 Å². The van der Waals surface area contributed by atoms with Crippen LogP contribution in [0.15, 0.2) is 7.57 Å². The van der Waals surface area contributed by atoms with E-state index in [1.165, 1.54) is 76.0 Å². The van der Waals surface area contributed by atoms with Gasteiger partial charge in [0.1, 0.15) is 52.2 Å². The number of fused-ring (bicyclic) bond motifs is 8. The molecule has 0 unspecified atom stereocenters. The monoisotopic (exact) mass is 2190 g/mol. The number of esters is 4. The summed E-state index contributed by atoms with van der Waals surface area (Å²) in [5, 5.41) is 24.6. The molecule has 16 rings (SSSR count). The van der Waals surface area contributed by atoms with Crippen molar-refractivity contribution in [1.82, 2.24) is 40.9 Å². The van der Waals surface area contributed by atoms with Crippen molar-refractivity contribution < 1.29 is 83.6 Å². The molecule has 756 valence electrons. The molecule has 8 amide bonds. The lowest BCUT2D eigenvalue weighted by atomic mass is 9.95. The van der Waals surface area contributed by atoms with Crippen LogP contribution in [0.5, 0.6) is 0 Å². The number of nitrogens with zero attached hydrogens (tertiary/aromatic N) is 4. The summed E-state index contributed by atoms with van der Waals surface area (Å²) in [4.78, 5) is 120. The molecule has 0 aromatic carbocycles. The van der Waals surface area contributed by atoms with Crippen LogP contribution in [-0.2, 0) is 161 Å². The number of ether oxygens (including phenoxy) is 4. The highest BCUT2D eigenvalue weighted by molar-refractivity contribution is 9.11. The Kier molecular flexibility index (Phi) is 35.3. The summed E-state index contributed by atoms with van der Waals surface area (Å²) in [5.74, 6) is -1.71. The molecule has 0 atom stereocenters. The van der Waals surface area contributed by atoms with Gasteiger partial charge in [-0.2, -0.15) is 26.3 Å². The first-order valence-corrected chi connectivity index (χ1v) is 55.4. The second kappa shape index (κ2) is 45.1. The smallest absolute Gasteiger partial charge is 0.425 e. The van der Waals surface area contributed by atoms with Gasteiger partial charge < -0.3 is 50.0 Å². The molecule has 0 fully saturated rings. The van der Waals surface area contributed by atoms with Crippen LogP contribution in [-0.4, -0.2) is 142 Å². The Hall–Kier alpha value is -7.06. The first-order valence-electron chi connectivity index (χ1n) is 47.3. The zero-order valence-electron chi connectivity index (χ0n) is 81.8. The van der Waals surface area contributed by atoms with Gasteiger partial charge in [-0.05, 0) is 352 Å². The zero-order chi connectivity index (χ0) is 100. The Balaban J connectivity index is 0.000000155. The summed E-state index contributed by atoms with van der Waals surface area (Å²) in [6, 6.07) is -1.11. The largest absolute Gasteiger partial charge is 0.456 e. The third kappa shape index (κ3) is 27.5. The van der Waals surface area contributed by atoms with E-state index in [2.05, 4.69) is 110 Å². The van der Waals surface area contributed by atoms with Crippen molar-refractivity contribution in [2.75, 3.05) is 61.5 Å². The number of anilines is 4. The third-order valence-corrected chi connectivity index (χ3v) is 36.2. The number of rotatable bonds is 18. The molecule has 0 radical (unpaired) electrons. The molecule has 138 heavy (non-hydrogen) atoms. The lowest BCUT2D eigenvalue weighted by Crippen LogP contribution is -2.36. The van der Waals surface area contributed by atoms with Crippen LogP contribution in [0.1, 0.15) is 319 Å². The van der Waals surface area contributed by atoms with E-state index in [-0.39, 0.29) is 54.3 Å². The van der Waals surface area contributed by atoms with Crippen LogP contribution in [0, 0.1) is 0 Å². The highest BCUT2D eigenvalue weighted by atomic mass is 79.9. The fourth-order valence-corrected chi connectivity index (χ4v) is 30.1. The lowest BCUT2D eigenvalue weighted by molar-refractivity contribution is -0.135. The summed E-state index contributed by atoms with van der Waals surface area (Å²) in [5.41, 5.74) is 9.81. The summed E-state index contributed by atoms with van der Waals surface area (Å²) < 4.78 is 108.